The molecule has 1 fully saturated rings. The van der Waals surface area contributed by atoms with Crippen LogP contribution in [0.15, 0.2) is 30.3 Å². The quantitative estimate of drug-likeness (QED) is 0.766. The second-order valence-electron chi connectivity index (χ2n) is 4.49. The van der Waals surface area contributed by atoms with Gasteiger partial charge in [-0.3, -0.25) is 0 Å². The minimum atomic E-state index is 0.760. The second kappa shape index (κ2) is 3.66. The molecule has 0 radical (unpaired) electrons. The van der Waals surface area contributed by atoms with Crippen molar-refractivity contribution < 1.29 is 0 Å². The van der Waals surface area contributed by atoms with Crippen LogP contribution in [0.2, 0.25) is 5.02 Å². The third-order valence-corrected chi connectivity index (χ3v) is 3.76. The highest BCUT2D eigenvalue weighted by molar-refractivity contribution is 6.30. The van der Waals surface area contributed by atoms with Gasteiger partial charge in [-0.25, -0.2) is 0 Å². The van der Waals surface area contributed by atoms with Crippen molar-refractivity contribution in [2.45, 2.75) is 6.42 Å². The maximum atomic E-state index is 5.88. The van der Waals surface area contributed by atoms with Gasteiger partial charge in [-0.2, -0.15) is 0 Å². The lowest BCUT2D eigenvalue weighted by Gasteiger charge is -2.06. The first-order valence-corrected chi connectivity index (χ1v) is 5.88. The minimum absolute atomic E-state index is 0.760. The van der Waals surface area contributed by atoms with Gasteiger partial charge in [0.15, 0.2) is 0 Å². The molecule has 2 heteroatoms. The van der Waals surface area contributed by atoms with E-state index in [2.05, 4.69) is 23.5 Å². The zero-order valence-corrected chi connectivity index (χ0v) is 9.30. The molecule has 2 unspecified atom stereocenters. The van der Waals surface area contributed by atoms with E-state index in [0.29, 0.717) is 0 Å². The second-order valence-corrected chi connectivity index (χ2v) is 4.92. The molecule has 0 spiro atoms. The molecule has 1 aromatic rings. The zero-order chi connectivity index (χ0) is 10.3. The number of halogens is 1. The van der Waals surface area contributed by atoms with Crippen LogP contribution in [0.4, 0.5) is 0 Å². The van der Waals surface area contributed by atoms with E-state index in [1.165, 1.54) is 24.1 Å². The molecule has 1 aliphatic carbocycles. The number of rotatable bonds is 1. The maximum Gasteiger partial charge on any atom is 0.0406 e. The highest BCUT2D eigenvalue weighted by Gasteiger charge is 2.31. The van der Waals surface area contributed by atoms with Crippen LogP contribution in [0.1, 0.15) is 12.0 Å². The fourth-order valence-corrected chi connectivity index (χ4v) is 2.78. The van der Waals surface area contributed by atoms with Crippen molar-refractivity contribution in [2.75, 3.05) is 13.1 Å². The van der Waals surface area contributed by atoms with Crippen LogP contribution >= 0.6 is 11.6 Å². The van der Waals surface area contributed by atoms with Gasteiger partial charge in [-0.15, -0.1) is 0 Å². The molecule has 15 heavy (non-hydrogen) atoms. The summed E-state index contributed by atoms with van der Waals surface area (Å²) in [6.45, 7) is 2.33. The summed E-state index contributed by atoms with van der Waals surface area (Å²) in [6, 6.07) is 8.21. The summed E-state index contributed by atoms with van der Waals surface area (Å²) in [5.41, 5.74) is 2.84. The molecule has 1 heterocycles. The minimum Gasteiger partial charge on any atom is -0.316 e. The van der Waals surface area contributed by atoms with Gasteiger partial charge in [0.2, 0.25) is 0 Å². The van der Waals surface area contributed by atoms with Crippen LogP contribution in [0.5, 0.6) is 0 Å². The predicted octanol–water partition coefficient (Wildman–Crippen LogP) is 2.96. The number of fused-ring (bicyclic) bond motifs is 1. The number of benzene rings is 1. The Kier molecular flexibility index (Phi) is 2.30. The maximum absolute atomic E-state index is 5.88. The summed E-state index contributed by atoms with van der Waals surface area (Å²) >= 11 is 5.88. The Hall–Kier alpha value is -0.790. The monoisotopic (exact) mass is 219 g/mol. The first-order chi connectivity index (χ1) is 7.33. The van der Waals surface area contributed by atoms with Crippen LogP contribution in [-0.2, 0) is 0 Å². The SMILES string of the molecule is Clc1ccc(C2=CC3CNCC3C2)cc1. The standard InChI is InChI=1S/C13H14ClN/c14-13-3-1-9(2-4-13)10-5-11-7-15-8-12(11)6-10/h1-5,11-12,15H,6-8H2. The van der Waals surface area contributed by atoms with Crippen LogP contribution in [0.3, 0.4) is 0 Å². The molecule has 0 saturated carbocycles. The molecule has 2 atom stereocenters. The van der Waals surface area contributed by atoms with E-state index in [-0.39, 0.29) is 0 Å². The molecular weight excluding hydrogens is 206 g/mol. The summed E-state index contributed by atoms with van der Waals surface area (Å²) in [4.78, 5) is 0. The Morgan fingerprint density at radius 3 is 2.67 bits per heavy atom. The van der Waals surface area contributed by atoms with Crippen LogP contribution in [0, 0.1) is 11.8 Å². The smallest absolute Gasteiger partial charge is 0.0406 e. The van der Waals surface area contributed by atoms with E-state index < -0.39 is 0 Å². The molecule has 3 rings (SSSR count). The topological polar surface area (TPSA) is 12.0 Å². The van der Waals surface area contributed by atoms with Crippen molar-refractivity contribution in [3.05, 3.63) is 40.9 Å². The van der Waals surface area contributed by atoms with E-state index >= 15 is 0 Å². The van der Waals surface area contributed by atoms with Gasteiger partial charge in [0.1, 0.15) is 0 Å². The molecule has 2 aliphatic rings. The molecule has 0 bridgehead atoms. The van der Waals surface area contributed by atoms with Gasteiger partial charge in [-0.05, 0) is 48.1 Å². The summed E-state index contributed by atoms with van der Waals surface area (Å²) in [6.07, 6.45) is 3.66. The Labute approximate surface area is 95.1 Å². The van der Waals surface area contributed by atoms with Gasteiger partial charge in [-0.1, -0.05) is 29.8 Å². The fourth-order valence-electron chi connectivity index (χ4n) is 2.66. The van der Waals surface area contributed by atoms with Gasteiger partial charge < -0.3 is 5.32 Å². The normalized spacial score (nSPS) is 29.0. The lowest BCUT2D eigenvalue weighted by atomic mass is 9.98. The molecule has 0 amide bonds. The van der Waals surface area contributed by atoms with E-state index in [1.807, 2.05) is 12.1 Å². The number of allylic oxidation sites excluding steroid dienone is 1. The molecule has 78 valence electrons. The molecule has 1 aliphatic heterocycles. The van der Waals surface area contributed by atoms with Crippen molar-refractivity contribution in [2.24, 2.45) is 11.8 Å². The Balaban J connectivity index is 1.87. The average molecular weight is 220 g/mol. The average Bonchev–Trinajstić information content (AvgIpc) is 2.78. The Morgan fingerprint density at radius 1 is 1.13 bits per heavy atom. The molecule has 1 N–H and O–H groups in total. The van der Waals surface area contributed by atoms with Crippen molar-refractivity contribution >= 4 is 17.2 Å². The summed E-state index contributed by atoms with van der Waals surface area (Å²) in [5, 5.41) is 4.26. The van der Waals surface area contributed by atoms with Gasteiger partial charge in [0.25, 0.3) is 0 Å². The zero-order valence-electron chi connectivity index (χ0n) is 8.54. The van der Waals surface area contributed by atoms with Gasteiger partial charge >= 0.3 is 0 Å². The van der Waals surface area contributed by atoms with Crippen molar-refractivity contribution in [1.29, 1.82) is 0 Å². The first kappa shape index (κ1) is 9.44. The van der Waals surface area contributed by atoms with Crippen molar-refractivity contribution in [3.8, 4) is 0 Å². The van der Waals surface area contributed by atoms with E-state index in [1.54, 1.807) is 0 Å². The van der Waals surface area contributed by atoms with E-state index in [0.717, 1.165) is 23.4 Å². The third kappa shape index (κ3) is 1.70. The van der Waals surface area contributed by atoms with Crippen LogP contribution < -0.4 is 5.32 Å². The summed E-state index contributed by atoms with van der Waals surface area (Å²) in [7, 11) is 0. The van der Waals surface area contributed by atoms with Crippen molar-refractivity contribution in [3.63, 3.8) is 0 Å². The molecular formula is C13H14ClN. The van der Waals surface area contributed by atoms with Crippen molar-refractivity contribution in [1.82, 2.24) is 5.32 Å². The fraction of sp³-hybridized carbons (Fsp3) is 0.385. The Bertz CT molecular complexity index is 394. The van der Waals surface area contributed by atoms with E-state index in [9.17, 15) is 0 Å². The highest BCUT2D eigenvalue weighted by atomic mass is 35.5. The summed E-state index contributed by atoms with van der Waals surface area (Å²) in [5.74, 6) is 1.59. The number of hydrogen-bond donors (Lipinski definition) is 1. The predicted molar refractivity (Wildman–Crippen MR) is 63.9 cm³/mol. The highest BCUT2D eigenvalue weighted by Crippen LogP contribution is 2.38. The largest absolute Gasteiger partial charge is 0.316 e. The first-order valence-electron chi connectivity index (χ1n) is 5.50. The van der Waals surface area contributed by atoms with Crippen LogP contribution in [-0.4, -0.2) is 13.1 Å². The van der Waals surface area contributed by atoms with Crippen LogP contribution in [0.25, 0.3) is 5.57 Å². The number of hydrogen-bond acceptors (Lipinski definition) is 1. The molecule has 1 nitrogen and oxygen atoms in total. The Morgan fingerprint density at radius 2 is 1.93 bits per heavy atom. The van der Waals surface area contributed by atoms with Gasteiger partial charge in [0, 0.05) is 11.6 Å². The molecule has 1 saturated heterocycles. The molecule has 0 aromatic heterocycles. The van der Waals surface area contributed by atoms with E-state index in [4.69, 9.17) is 11.6 Å². The lowest BCUT2D eigenvalue weighted by molar-refractivity contribution is 0.536. The summed E-state index contributed by atoms with van der Waals surface area (Å²) < 4.78 is 0. The number of nitrogens with one attached hydrogen (secondary N) is 1. The van der Waals surface area contributed by atoms with Gasteiger partial charge in [0.05, 0.1) is 0 Å². The molecule has 1 aromatic carbocycles. The lowest BCUT2D eigenvalue weighted by Crippen LogP contribution is -2.09. The third-order valence-electron chi connectivity index (χ3n) is 3.50.